The third kappa shape index (κ3) is 5.85. The summed E-state index contributed by atoms with van der Waals surface area (Å²) in [7, 11) is 0. The second kappa shape index (κ2) is 10.1. The van der Waals surface area contributed by atoms with Crippen LogP contribution in [-0.4, -0.2) is 11.1 Å². The van der Waals surface area contributed by atoms with Crippen molar-refractivity contribution in [2.24, 2.45) is 0 Å². The molecule has 174 valence electrons. The van der Waals surface area contributed by atoms with E-state index in [1.165, 1.54) is 23.5 Å². The van der Waals surface area contributed by atoms with E-state index in [2.05, 4.69) is 0 Å². The highest BCUT2D eigenvalue weighted by atomic mass is 32.1. The molecule has 1 N–H and O–H groups in total. The summed E-state index contributed by atoms with van der Waals surface area (Å²) in [6, 6.07) is 23.8. The summed E-state index contributed by atoms with van der Waals surface area (Å²) >= 11 is 1.53. The molecule has 3 nitrogen and oxygen atoms in total. The molecule has 0 fully saturated rings. The van der Waals surface area contributed by atoms with Gasteiger partial charge in [0.1, 0.15) is 12.4 Å². The molecule has 4 rings (SSSR count). The molecule has 0 bridgehead atoms. The average molecular weight is 483 g/mol. The summed E-state index contributed by atoms with van der Waals surface area (Å²) in [5.41, 5.74) is 2.60. The van der Waals surface area contributed by atoms with Crippen LogP contribution in [0.1, 0.15) is 33.9 Å². The van der Waals surface area contributed by atoms with E-state index in [1.807, 2.05) is 66.0 Å². The molecule has 34 heavy (non-hydrogen) atoms. The minimum atomic E-state index is -4.36. The van der Waals surface area contributed by atoms with Gasteiger partial charge in [0.05, 0.1) is 12.0 Å². The quantitative estimate of drug-likeness (QED) is 0.281. The first kappa shape index (κ1) is 23.6. The number of halogens is 3. The maximum atomic E-state index is 12.8. The van der Waals surface area contributed by atoms with Crippen LogP contribution in [0.25, 0.3) is 11.1 Å². The van der Waals surface area contributed by atoms with Gasteiger partial charge in [0.15, 0.2) is 0 Å². The number of carbonyl (C=O) groups is 1. The van der Waals surface area contributed by atoms with E-state index in [-0.39, 0.29) is 18.9 Å². The third-order valence-electron chi connectivity index (χ3n) is 5.43. The van der Waals surface area contributed by atoms with E-state index in [0.29, 0.717) is 11.3 Å². The number of rotatable bonds is 8. The highest BCUT2D eigenvalue weighted by Crippen LogP contribution is 2.33. The standard InChI is InChI=1S/C27H21F3O3S/c28-27(29,30)22-10-6-19(7-11-22)21-4-1-3-18(15-21)17-33-23-12-8-20(9-13-23)24(16-26(31)32)25-5-2-14-34-25/h1-15,24H,16-17H2,(H,31,32). The van der Waals surface area contributed by atoms with Crippen LogP contribution < -0.4 is 4.74 Å². The predicted octanol–water partition coefficient (Wildman–Crippen LogP) is 7.62. The topological polar surface area (TPSA) is 46.5 Å². The Kier molecular flexibility index (Phi) is 7.03. The maximum Gasteiger partial charge on any atom is 0.416 e. The molecule has 1 atom stereocenters. The maximum absolute atomic E-state index is 12.8. The fourth-order valence-electron chi connectivity index (χ4n) is 3.70. The van der Waals surface area contributed by atoms with Crippen molar-refractivity contribution < 1.29 is 27.8 Å². The lowest BCUT2D eigenvalue weighted by Gasteiger charge is -2.15. The van der Waals surface area contributed by atoms with Crippen LogP contribution in [-0.2, 0) is 17.6 Å². The average Bonchev–Trinajstić information content (AvgIpc) is 3.36. The molecule has 0 saturated carbocycles. The first-order valence-corrected chi connectivity index (χ1v) is 11.4. The fraction of sp³-hybridized carbons (Fsp3) is 0.148. The summed E-state index contributed by atoms with van der Waals surface area (Å²) < 4.78 is 44.3. The van der Waals surface area contributed by atoms with Crippen LogP contribution in [0.3, 0.4) is 0 Å². The number of carboxylic acids is 1. The molecule has 3 aromatic carbocycles. The first-order chi connectivity index (χ1) is 16.3. The van der Waals surface area contributed by atoms with Crippen molar-refractivity contribution in [2.45, 2.75) is 25.1 Å². The molecule has 0 aliphatic heterocycles. The molecule has 0 amide bonds. The Bertz CT molecular complexity index is 1230. The zero-order valence-corrected chi connectivity index (χ0v) is 18.8. The summed E-state index contributed by atoms with van der Waals surface area (Å²) in [5, 5.41) is 11.2. The van der Waals surface area contributed by atoms with Gasteiger partial charge in [-0.3, -0.25) is 4.79 Å². The van der Waals surface area contributed by atoms with Gasteiger partial charge in [-0.2, -0.15) is 13.2 Å². The van der Waals surface area contributed by atoms with E-state index in [4.69, 9.17) is 4.74 Å². The summed E-state index contributed by atoms with van der Waals surface area (Å²) in [5.74, 6) is -0.428. The monoisotopic (exact) mass is 482 g/mol. The Labute approximate surface area is 199 Å². The van der Waals surface area contributed by atoms with Gasteiger partial charge in [-0.25, -0.2) is 0 Å². The van der Waals surface area contributed by atoms with E-state index in [9.17, 15) is 23.1 Å². The van der Waals surface area contributed by atoms with Crippen LogP contribution >= 0.6 is 11.3 Å². The van der Waals surface area contributed by atoms with Crippen molar-refractivity contribution in [3.8, 4) is 16.9 Å². The largest absolute Gasteiger partial charge is 0.489 e. The van der Waals surface area contributed by atoms with Gasteiger partial charge in [-0.15, -0.1) is 11.3 Å². The van der Waals surface area contributed by atoms with E-state index >= 15 is 0 Å². The Morgan fingerprint density at radius 3 is 2.26 bits per heavy atom. The van der Waals surface area contributed by atoms with Crippen LogP contribution in [0.2, 0.25) is 0 Å². The smallest absolute Gasteiger partial charge is 0.416 e. The second-order valence-electron chi connectivity index (χ2n) is 7.80. The summed E-state index contributed by atoms with van der Waals surface area (Å²) in [4.78, 5) is 12.3. The molecule has 0 spiro atoms. The Morgan fingerprint density at radius 2 is 1.65 bits per heavy atom. The number of benzene rings is 3. The van der Waals surface area contributed by atoms with Crippen molar-refractivity contribution in [2.75, 3.05) is 0 Å². The van der Waals surface area contributed by atoms with Crippen LogP contribution in [0.4, 0.5) is 13.2 Å². The SMILES string of the molecule is O=C(O)CC(c1ccc(OCc2cccc(-c3ccc(C(F)(F)F)cc3)c2)cc1)c1cccs1. The van der Waals surface area contributed by atoms with Crippen molar-refractivity contribution in [1.82, 2.24) is 0 Å². The van der Waals surface area contributed by atoms with Gasteiger partial charge in [0.2, 0.25) is 0 Å². The van der Waals surface area contributed by atoms with E-state index < -0.39 is 17.7 Å². The number of alkyl halides is 3. The number of ether oxygens (including phenoxy) is 1. The van der Waals surface area contributed by atoms with Crippen molar-refractivity contribution in [3.05, 3.63) is 112 Å². The van der Waals surface area contributed by atoms with Crippen LogP contribution in [0.5, 0.6) is 5.75 Å². The molecular formula is C27H21F3O3S. The van der Waals surface area contributed by atoms with Gasteiger partial charge in [0.25, 0.3) is 0 Å². The molecule has 4 aromatic rings. The Balaban J connectivity index is 1.43. The molecule has 1 aromatic heterocycles. The predicted molar refractivity (Wildman–Crippen MR) is 126 cm³/mol. The van der Waals surface area contributed by atoms with Crippen molar-refractivity contribution in [3.63, 3.8) is 0 Å². The highest BCUT2D eigenvalue weighted by Gasteiger charge is 2.30. The van der Waals surface area contributed by atoms with Gasteiger partial charge in [-0.05, 0) is 64.0 Å². The molecule has 0 radical (unpaired) electrons. The Morgan fingerprint density at radius 1 is 0.912 bits per heavy atom. The molecule has 0 saturated heterocycles. The minimum Gasteiger partial charge on any atom is -0.489 e. The lowest BCUT2D eigenvalue weighted by Crippen LogP contribution is -2.06. The second-order valence-corrected chi connectivity index (χ2v) is 8.78. The minimum absolute atomic E-state index is 0.0114. The van der Waals surface area contributed by atoms with Gasteiger partial charge >= 0.3 is 12.1 Å². The summed E-state index contributed by atoms with van der Waals surface area (Å²) in [6.45, 7) is 0.289. The number of hydrogen-bond donors (Lipinski definition) is 1. The highest BCUT2D eigenvalue weighted by molar-refractivity contribution is 7.10. The van der Waals surface area contributed by atoms with Crippen LogP contribution in [0, 0.1) is 0 Å². The zero-order valence-electron chi connectivity index (χ0n) is 18.0. The van der Waals surface area contributed by atoms with E-state index in [1.54, 1.807) is 0 Å². The fourth-order valence-corrected chi connectivity index (χ4v) is 4.56. The van der Waals surface area contributed by atoms with Crippen molar-refractivity contribution in [1.29, 1.82) is 0 Å². The van der Waals surface area contributed by atoms with Gasteiger partial charge in [0, 0.05) is 10.8 Å². The lowest BCUT2D eigenvalue weighted by atomic mass is 9.94. The lowest BCUT2D eigenvalue weighted by molar-refractivity contribution is -0.138. The van der Waals surface area contributed by atoms with Crippen LogP contribution in [0.15, 0.2) is 90.3 Å². The first-order valence-electron chi connectivity index (χ1n) is 10.5. The summed E-state index contributed by atoms with van der Waals surface area (Å²) in [6.07, 6.45) is -4.35. The van der Waals surface area contributed by atoms with Gasteiger partial charge < -0.3 is 9.84 Å². The molecule has 0 aliphatic rings. The van der Waals surface area contributed by atoms with Crippen molar-refractivity contribution >= 4 is 17.3 Å². The number of thiophene rings is 1. The zero-order chi connectivity index (χ0) is 24.1. The van der Waals surface area contributed by atoms with E-state index in [0.717, 1.165) is 33.7 Å². The number of hydrogen-bond acceptors (Lipinski definition) is 3. The van der Waals surface area contributed by atoms with Gasteiger partial charge in [-0.1, -0.05) is 48.5 Å². The normalized spacial score (nSPS) is 12.3. The molecular weight excluding hydrogens is 461 g/mol. The Hall–Kier alpha value is -3.58. The third-order valence-corrected chi connectivity index (χ3v) is 6.41. The number of carboxylic acid groups (broad SMARTS) is 1. The number of aliphatic carboxylic acids is 1. The molecule has 0 aliphatic carbocycles. The molecule has 7 heteroatoms. The molecule has 1 unspecified atom stereocenters. The molecule has 1 heterocycles.